The molecule has 0 saturated carbocycles. The predicted molar refractivity (Wildman–Crippen MR) is 86.0 cm³/mol. The number of ether oxygens (including phenoxy) is 1. The molecule has 0 aliphatic carbocycles. The van der Waals surface area contributed by atoms with E-state index >= 15 is 0 Å². The van der Waals surface area contributed by atoms with E-state index in [0.717, 1.165) is 12.2 Å². The van der Waals surface area contributed by atoms with Crippen LogP contribution in [0.25, 0.3) is 0 Å². The molecule has 0 radical (unpaired) electrons. The fourth-order valence-electron chi connectivity index (χ4n) is 1.83. The molecule has 0 heterocycles. The first kappa shape index (κ1) is 15.2. The van der Waals surface area contributed by atoms with Crippen molar-refractivity contribution in [3.8, 4) is 5.75 Å². The first-order valence-electron chi connectivity index (χ1n) is 6.69. The molecule has 110 valence electrons. The minimum absolute atomic E-state index is 0.267. The number of hydrogen-bond acceptors (Lipinski definition) is 3. The zero-order valence-corrected chi connectivity index (χ0v) is 12.5. The van der Waals surface area contributed by atoms with Gasteiger partial charge in [-0.3, -0.25) is 4.79 Å². The third-order valence-electron chi connectivity index (χ3n) is 2.75. The molecule has 0 spiro atoms. The maximum Gasteiger partial charge on any atom is 0.255 e. The Morgan fingerprint density at radius 3 is 2.81 bits per heavy atom. The van der Waals surface area contributed by atoms with Crippen LogP contribution < -0.4 is 15.8 Å². The van der Waals surface area contributed by atoms with Crippen LogP contribution >= 0.6 is 11.6 Å². The number of carbonyl (C=O) groups is 1. The molecule has 2 aromatic rings. The molecule has 0 saturated heterocycles. The molecule has 5 heteroatoms. The first-order chi connectivity index (χ1) is 10.1. The van der Waals surface area contributed by atoms with E-state index in [-0.39, 0.29) is 5.91 Å². The summed E-state index contributed by atoms with van der Waals surface area (Å²) in [7, 11) is 0. The molecule has 2 aromatic carbocycles. The molecule has 4 nitrogen and oxygen atoms in total. The van der Waals surface area contributed by atoms with Crippen LogP contribution in [0.5, 0.6) is 5.75 Å². The van der Waals surface area contributed by atoms with Crippen LogP contribution in [0.3, 0.4) is 0 Å². The highest BCUT2D eigenvalue weighted by molar-refractivity contribution is 6.31. The second-order valence-corrected chi connectivity index (χ2v) is 5.04. The standard InChI is InChI=1S/C16H17ClN2O2/c1-2-6-21-15-5-3-4-14(10-15)19-16(20)11-7-12(17)9-13(18)8-11/h3-5,7-10H,2,6,18H2,1H3,(H,19,20). The molecule has 0 bridgehead atoms. The fourth-order valence-corrected chi connectivity index (χ4v) is 2.07. The second kappa shape index (κ2) is 6.99. The van der Waals surface area contributed by atoms with Gasteiger partial charge in [-0.05, 0) is 36.8 Å². The quantitative estimate of drug-likeness (QED) is 0.822. The Morgan fingerprint density at radius 1 is 1.29 bits per heavy atom. The van der Waals surface area contributed by atoms with Gasteiger partial charge in [0.2, 0.25) is 0 Å². The average molecular weight is 305 g/mol. The zero-order valence-electron chi connectivity index (χ0n) is 11.7. The number of halogens is 1. The molecule has 0 aromatic heterocycles. The van der Waals surface area contributed by atoms with Gasteiger partial charge in [0.1, 0.15) is 5.75 Å². The van der Waals surface area contributed by atoms with Crippen LogP contribution in [-0.2, 0) is 0 Å². The highest BCUT2D eigenvalue weighted by Crippen LogP contribution is 2.20. The lowest BCUT2D eigenvalue weighted by molar-refractivity contribution is 0.102. The number of rotatable bonds is 5. The summed E-state index contributed by atoms with van der Waals surface area (Å²) in [6.45, 7) is 2.68. The Balaban J connectivity index is 2.11. The van der Waals surface area contributed by atoms with Gasteiger partial charge in [0.05, 0.1) is 6.61 Å². The van der Waals surface area contributed by atoms with Gasteiger partial charge < -0.3 is 15.8 Å². The SMILES string of the molecule is CCCOc1cccc(NC(=O)c2cc(N)cc(Cl)c2)c1. The highest BCUT2D eigenvalue weighted by Gasteiger charge is 2.08. The lowest BCUT2D eigenvalue weighted by Gasteiger charge is -2.09. The number of nitrogens with one attached hydrogen (secondary N) is 1. The van der Waals surface area contributed by atoms with Crippen LogP contribution in [0.1, 0.15) is 23.7 Å². The van der Waals surface area contributed by atoms with E-state index in [0.29, 0.717) is 28.6 Å². The predicted octanol–water partition coefficient (Wildman–Crippen LogP) is 3.96. The van der Waals surface area contributed by atoms with Gasteiger partial charge in [0, 0.05) is 28.0 Å². The van der Waals surface area contributed by atoms with E-state index in [9.17, 15) is 4.79 Å². The van der Waals surface area contributed by atoms with Crippen molar-refractivity contribution < 1.29 is 9.53 Å². The summed E-state index contributed by atoms with van der Waals surface area (Å²) in [5.74, 6) is 0.456. The molecule has 0 unspecified atom stereocenters. The molecule has 2 rings (SSSR count). The lowest BCUT2D eigenvalue weighted by Crippen LogP contribution is -2.12. The third-order valence-corrected chi connectivity index (χ3v) is 2.97. The van der Waals surface area contributed by atoms with E-state index in [1.807, 2.05) is 19.1 Å². The zero-order chi connectivity index (χ0) is 15.2. The molecule has 0 atom stereocenters. The van der Waals surface area contributed by atoms with Gasteiger partial charge in [0.25, 0.3) is 5.91 Å². The smallest absolute Gasteiger partial charge is 0.255 e. The fraction of sp³-hybridized carbons (Fsp3) is 0.188. The van der Waals surface area contributed by atoms with Crippen molar-refractivity contribution in [2.24, 2.45) is 0 Å². The highest BCUT2D eigenvalue weighted by atomic mass is 35.5. The maximum absolute atomic E-state index is 12.2. The summed E-state index contributed by atoms with van der Waals surface area (Å²) in [5, 5.41) is 3.23. The average Bonchev–Trinajstić information content (AvgIpc) is 2.44. The van der Waals surface area contributed by atoms with E-state index in [4.69, 9.17) is 22.1 Å². The summed E-state index contributed by atoms with van der Waals surface area (Å²) >= 11 is 5.90. The van der Waals surface area contributed by atoms with E-state index in [1.165, 1.54) is 0 Å². The van der Waals surface area contributed by atoms with Gasteiger partial charge in [-0.1, -0.05) is 24.6 Å². The summed E-state index contributed by atoms with van der Waals surface area (Å²) in [6, 6.07) is 12.0. The topological polar surface area (TPSA) is 64.3 Å². The van der Waals surface area contributed by atoms with Gasteiger partial charge in [-0.25, -0.2) is 0 Å². The number of carbonyl (C=O) groups excluding carboxylic acids is 1. The van der Waals surface area contributed by atoms with Crippen molar-refractivity contribution in [2.45, 2.75) is 13.3 Å². The van der Waals surface area contributed by atoms with Crippen molar-refractivity contribution in [3.63, 3.8) is 0 Å². The van der Waals surface area contributed by atoms with E-state index in [2.05, 4.69) is 5.32 Å². The summed E-state index contributed by atoms with van der Waals surface area (Å²) in [4.78, 5) is 12.2. The van der Waals surface area contributed by atoms with Crippen molar-refractivity contribution in [1.82, 2.24) is 0 Å². The van der Waals surface area contributed by atoms with E-state index in [1.54, 1.807) is 30.3 Å². The second-order valence-electron chi connectivity index (χ2n) is 4.60. The van der Waals surface area contributed by atoms with Crippen LogP contribution in [-0.4, -0.2) is 12.5 Å². The molecule has 3 N–H and O–H groups in total. The van der Waals surface area contributed by atoms with Crippen LogP contribution in [0, 0.1) is 0 Å². The Morgan fingerprint density at radius 2 is 2.10 bits per heavy atom. The largest absolute Gasteiger partial charge is 0.494 e. The lowest BCUT2D eigenvalue weighted by atomic mass is 10.2. The number of nitrogen functional groups attached to an aromatic ring is 1. The number of hydrogen-bond donors (Lipinski definition) is 2. The Hall–Kier alpha value is -2.20. The van der Waals surface area contributed by atoms with Crippen molar-refractivity contribution in [3.05, 3.63) is 53.1 Å². The van der Waals surface area contributed by atoms with Gasteiger partial charge >= 0.3 is 0 Å². The van der Waals surface area contributed by atoms with E-state index < -0.39 is 0 Å². The summed E-state index contributed by atoms with van der Waals surface area (Å²) < 4.78 is 5.53. The van der Waals surface area contributed by atoms with Crippen molar-refractivity contribution in [1.29, 1.82) is 0 Å². The molecule has 21 heavy (non-hydrogen) atoms. The first-order valence-corrected chi connectivity index (χ1v) is 7.06. The molecule has 0 fully saturated rings. The Bertz CT molecular complexity index is 624. The maximum atomic E-state index is 12.2. The monoisotopic (exact) mass is 304 g/mol. The van der Waals surface area contributed by atoms with Gasteiger partial charge in [-0.2, -0.15) is 0 Å². The third kappa shape index (κ3) is 4.39. The number of anilines is 2. The Kier molecular flexibility index (Phi) is 5.06. The van der Waals surface area contributed by atoms with Crippen LogP contribution in [0.2, 0.25) is 5.02 Å². The summed E-state index contributed by atoms with van der Waals surface area (Å²) in [5.41, 5.74) is 7.21. The minimum atomic E-state index is -0.267. The normalized spacial score (nSPS) is 10.2. The summed E-state index contributed by atoms with van der Waals surface area (Å²) in [6.07, 6.45) is 0.929. The molecule has 1 amide bonds. The minimum Gasteiger partial charge on any atom is -0.494 e. The van der Waals surface area contributed by atoms with Crippen LogP contribution in [0.4, 0.5) is 11.4 Å². The Labute approximate surface area is 128 Å². The molecule has 0 aliphatic rings. The number of nitrogens with two attached hydrogens (primary N) is 1. The molecular formula is C16H17ClN2O2. The van der Waals surface area contributed by atoms with Crippen molar-refractivity contribution in [2.75, 3.05) is 17.7 Å². The number of benzene rings is 2. The van der Waals surface area contributed by atoms with Crippen LogP contribution in [0.15, 0.2) is 42.5 Å². The molecular weight excluding hydrogens is 288 g/mol. The van der Waals surface area contributed by atoms with Gasteiger partial charge in [-0.15, -0.1) is 0 Å². The van der Waals surface area contributed by atoms with Crippen molar-refractivity contribution >= 4 is 28.9 Å². The van der Waals surface area contributed by atoms with Gasteiger partial charge in [0.15, 0.2) is 0 Å². The molecule has 0 aliphatic heterocycles. The number of amides is 1.